The summed E-state index contributed by atoms with van der Waals surface area (Å²) in [5, 5.41) is 0. The summed E-state index contributed by atoms with van der Waals surface area (Å²) < 4.78 is 4.78. The zero-order valence-corrected chi connectivity index (χ0v) is 16.0. The second-order valence-electron chi connectivity index (χ2n) is 8.14. The zero-order chi connectivity index (χ0) is 19.1. The molecule has 136 valence electrons. The van der Waals surface area contributed by atoms with E-state index in [1.807, 2.05) is 24.3 Å². The van der Waals surface area contributed by atoms with Crippen molar-refractivity contribution in [3.05, 3.63) is 59.2 Å². The molecule has 0 amide bonds. The average molecular weight is 351 g/mol. The van der Waals surface area contributed by atoms with Crippen molar-refractivity contribution in [2.75, 3.05) is 12.0 Å². The van der Waals surface area contributed by atoms with Gasteiger partial charge in [-0.2, -0.15) is 0 Å². The molecule has 0 unspecified atom stereocenters. The molecule has 2 aromatic rings. The summed E-state index contributed by atoms with van der Waals surface area (Å²) >= 11 is 0. The molecule has 3 rings (SSSR count). The third-order valence-electron chi connectivity index (χ3n) is 5.15. The Hall–Kier alpha value is -2.62. The van der Waals surface area contributed by atoms with Gasteiger partial charge in [-0.15, -0.1) is 0 Å². The lowest BCUT2D eigenvalue weighted by molar-refractivity contribution is 0.0600. The van der Waals surface area contributed by atoms with Gasteiger partial charge in [0.1, 0.15) is 6.29 Å². The van der Waals surface area contributed by atoms with Gasteiger partial charge in [-0.1, -0.05) is 26.0 Å². The first kappa shape index (κ1) is 18.2. The number of rotatable bonds is 3. The molecule has 0 radical (unpaired) electrons. The quantitative estimate of drug-likeness (QED) is 0.584. The third-order valence-corrected chi connectivity index (χ3v) is 5.15. The number of aldehydes is 1. The van der Waals surface area contributed by atoms with Crippen molar-refractivity contribution in [2.24, 2.45) is 0 Å². The van der Waals surface area contributed by atoms with Crippen molar-refractivity contribution >= 4 is 23.6 Å². The molecule has 1 aliphatic heterocycles. The van der Waals surface area contributed by atoms with Crippen LogP contribution in [0.2, 0.25) is 0 Å². The van der Waals surface area contributed by atoms with Gasteiger partial charge < -0.3 is 9.64 Å². The van der Waals surface area contributed by atoms with E-state index in [1.165, 1.54) is 12.7 Å². The Labute approximate surface area is 154 Å². The molecule has 0 saturated heterocycles. The summed E-state index contributed by atoms with van der Waals surface area (Å²) in [6.45, 7) is 8.90. The predicted molar refractivity (Wildman–Crippen MR) is 103 cm³/mol. The molecule has 0 spiro atoms. The monoisotopic (exact) mass is 351 g/mol. The minimum absolute atomic E-state index is 0.00268. The molecule has 4 nitrogen and oxygen atoms in total. The van der Waals surface area contributed by atoms with Gasteiger partial charge in [0.05, 0.1) is 12.7 Å². The van der Waals surface area contributed by atoms with Gasteiger partial charge in [0.2, 0.25) is 0 Å². The summed E-state index contributed by atoms with van der Waals surface area (Å²) in [4.78, 5) is 25.3. The van der Waals surface area contributed by atoms with Crippen LogP contribution in [0.25, 0.3) is 0 Å². The van der Waals surface area contributed by atoms with E-state index in [0.29, 0.717) is 11.1 Å². The number of nitrogens with zero attached hydrogens (tertiary/aromatic N) is 1. The molecule has 0 N–H and O–H groups in total. The van der Waals surface area contributed by atoms with Crippen LogP contribution >= 0.6 is 0 Å². The normalized spacial score (nSPS) is 17.3. The Morgan fingerprint density at radius 2 is 1.73 bits per heavy atom. The number of carbonyl (C=O) groups excluding carboxylic acids is 2. The van der Waals surface area contributed by atoms with Crippen molar-refractivity contribution in [3.8, 4) is 0 Å². The van der Waals surface area contributed by atoms with Gasteiger partial charge in [0.25, 0.3) is 0 Å². The van der Waals surface area contributed by atoms with Gasteiger partial charge in [0.15, 0.2) is 0 Å². The topological polar surface area (TPSA) is 46.6 Å². The molecule has 1 heterocycles. The molecular weight excluding hydrogens is 326 g/mol. The maximum atomic E-state index is 11.7. The van der Waals surface area contributed by atoms with E-state index in [0.717, 1.165) is 24.1 Å². The molecule has 1 aliphatic rings. The Morgan fingerprint density at radius 1 is 1.08 bits per heavy atom. The lowest BCUT2D eigenvalue weighted by Gasteiger charge is -2.51. The summed E-state index contributed by atoms with van der Waals surface area (Å²) in [5.41, 5.74) is 4.29. The number of benzene rings is 2. The highest BCUT2D eigenvalue weighted by Crippen LogP contribution is 2.50. The number of carbonyl (C=O) groups is 2. The SMILES string of the molecule is COC(=O)c1ccc(N2c3cc(C=O)ccc3C(C)(C)CC2(C)C)cc1. The summed E-state index contributed by atoms with van der Waals surface area (Å²) in [6, 6.07) is 13.3. The van der Waals surface area contributed by atoms with Gasteiger partial charge >= 0.3 is 5.97 Å². The Kier molecular flexibility index (Phi) is 4.39. The molecule has 0 aromatic heterocycles. The minimum Gasteiger partial charge on any atom is -0.465 e. The van der Waals surface area contributed by atoms with E-state index in [-0.39, 0.29) is 16.9 Å². The first-order valence-electron chi connectivity index (χ1n) is 8.78. The highest BCUT2D eigenvalue weighted by Gasteiger charge is 2.42. The number of ether oxygens (including phenoxy) is 1. The molecule has 0 bridgehead atoms. The number of hydrogen-bond acceptors (Lipinski definition) is 4. The molecule has 0 atom stereocenters. The van der Waals surface area contributed by atoms with E-state index in [2.05, 4.69) is 38.7 Å². The minimum atomic E-state index is -0.348. The highest BCUT2D eigenvalue weighted by atomic mass is 16.5. The molecule has 26 heavy (non-hydrogen) atoms. The van der Waals surface area contributed by atoms with Gasteiger partial charge in [-0.3, -0.25) is 4.79 Å². The van der Waals surface area contributed by atoms with Crippen molar-refractivity contribution in [3.63, 3.8) is 0 Å². The van der Waals surface area contributed by atoms with Crippen LogP contribution in [0, 0.1) is 0 Å². The second kappa shape index (κ2) is 6.27. The van der Waals surface area contributed by atoms with Crippen molar-refractivity contribution < 1.29 is 14.3 Å². The fraction of sp³-hybridized carbons (Fsp3) is 0.364. The van der Waals surface area contributed by atoms with Crippen molar-refractivity contribution in [1.82, 2.24) is 0 Å². The number of hydrogen-bond donors (Lipinski definition) is 0. The fourth-order valence-corrected chi connectivity index (χ4v) is 4.31. The maximum Gasteiger partial charge on any atom is 0.337 e. The van der Waals surface area contributed by atoms with Crippen molar-refractivity contribution in [2.45, 2.75) is 45.1 Å². The van der Waals surface area contributed by atoms with E-state index >= 15 is 0 Å². The number of anilines is 2. The predicted octanol–water partition coefficient (Wildman–Crippen LogP) is 4.88. The van der Waals surface area contributed by atoms with Crippen LogP contribution in [-0.2, 0) is 10.2 Å². The Bertz CT molecular complexity index is 850. The first-order valence-corrected chi connectivity index (χ1v) is 8.78. The van der Waals surface area contributed by atoms with E-state index in [9.17, 15) is 9.59 Å². The van der Waals surface area contributed by atoms with Crippen LogP contribution in [0.5, 0.6) is 0 Å². The lowest BCUT2D eigenvalue weighted by Crippen LogP contribution is -2.49. The second-order valence-corrected chi connectivity index (χ2v) is 8.14. The zero-order valence-electron chi connectivity index (χ0n) is 16.0. The van der Waals surface area contributed by atoms with E-state index < -0.39 is 0 Å². The van der Waals surface area contributed by atoms with E-state index in [4.69, 9.17) is 4.74 Å². The molecule has 0 fully saturated rings. The molecular formula is C22H25NO3. The van der Waals surface area contributed by atoms with Gasteiger partial charge in [-0.05, 0) is 61.6 Å². The van der Waals surface area contributed by atoms with Crippen LogP contribution in [0.4, 0.5) is 11.4 Å². The first-order chi connectivity index (χ1) is 12.2. The van der Waals surface area contributed by atoms with Gasteiger partial charge in [-0.25, -0.2) is 4.79 Å². The molecule has 0 saturated carbocycles. The lowest BCUT2D eigenvalue weighted by atomic mass is 9.69. The molecule has 4 heteroatoms. The smallest absolute Gasteiger partial charge is 0.337 e. The molecule has 0 aliphatic carbocycles. The van der Waals surface area contributed by atoms with Crippen LogP contribution in [0.1, 0.15) is 60.4 Å². The van der Waals surface area contributed by atoms with Crippen LogP contribution in [0.15, 0.2) is 42.5 Å². The van der Waals surface area contributed by atoms with Crippen LogP contribution < -0.4 is 4.90 Å². The number of esters is 1. The standard InChI is InChI=1S/C22H25NO3/c1-21(2)14-22(3,4)23(19-12-15(13-24)6-11-18(19)21)17-9-7-16(8-10-17)20(25)26-5/h6-13H,14H2,1-5H3. The summed E-state index contributed by atoms with van der Waals surface area (Å²) in [6.07, 6.45) is 1.85. The third kappa shape index (κ3) is 3.00. The van der Waals surface area contributed by atoms with E-state index in [1.54, 1.807) is 12.1 Å². The maximum absolute atomic E-state index is 11.7. The van der Waals surface area contributed by atoms with Crippen molar-refractivity contribution in [1.29, 1.82) is 0 Å². The van der Waals surface area contributed by atoms with Crippen LogP contribution in [-0.4, -0.2) is 24.9 Å². The van der Waals surface area contributed by atoms with Gasteiger partial charge in [0, 0.05) is 22.5 Å². The summed E-state index contributed by atoms with van der Waals surface area (Å²) in [5.74, 6) is -0.348. The Morgan fingerprint density at radius 3 is 2.31 bits per heavy atom. The average Bonchev–Trinajstić information content (AvgIpc) is 2.59. The largest absolute Gasteiger partial charge is 0.465 e. The fourth-order valence-electron chi connectivity index (χ4n) is 4.31. The molecule has 2 aromatic carbocycles. The summed E-state index contributed by atoms with van der Waals surface area (Å²) in [7, 11) is 1.38. The Balaban J connectivity index is 2.16. The number of methoxy groups -OCH3 is 1. The van der Waals surface area contributed by atoms with Crippen LogP contribution in [0.3, 0.4) is 0 Å². The highest BCUT2D eigenvalue weighted by molar-refractivity contribution is 5.90. The number of fused-ring (bicyclic) bond motifs is 1.